The summed E-state index contributed by atoms with van der Waals surface area (Å²) in [6, 6.07) is 15.5. The lowest BCUT2D eigenvalue weighted by molar-refractivity contribution is -0.385. The Bertz CT molecular complexity index is 1230. The van der Waals surface area contributed by atoms with Gasteiger partial charge in [-0.3, -0.25) is 10.1 Å². The van der Waals surface area contributed by atoms with E-state index in [2.05, 4.69) is 0 Å². The van der Waals surface area contributed by atoms with E-state index in [0.717, 1.165) is 16.8 Å². The maximum atomic E-state index is 13.4. The lowest BCUT2D eigenvalue weighted by Crippen LogP contribution is -2.33. The third-order valence-electron chi connectivity index (χ3n) is 5.35. The van der Waals surface area contributed by atoms with Crippen LogP contribution in [0.4, 0.5) is 10.1 Å². The second kappa shape index (κ2) is 7.51. The van der Waals surface area contributed by atoms with E-state index in [1.165, 1.54) is 24.3 Å². The molecule has 2 aliphatic rings. The van der Waals surface area contributed by atoms with E-state index in [1.807, 2.05) is 0 Å². The van der Waals surface area contributed by atoms with Crippen LogP contribution in [-0.2, 0) is 0 Å². The van der Waals surface area contributed by atoms with Gasteiger partial charge in [0.15, 0.2) is 0 Å². The summed E-state index contributed by atoms with van der Waals surface area (Å²) in [7, 11) is 0. The topological polar surface area (TPSA) is 68.0 Å². The zero-order valence-electron chi connectivity index (χ0n) is 15.8. The maximum absolute atomic E-state index is 13.4. The van der Waals surface area contributed by atoms with Crippen molar-refractivity contribution in [3.8, 4) is 5.75 Å². The first-order chi connectivity index (χ1) is 14.9. The molecule has 5 rings (SSSR count). The van der Waals surface area contributed by atoms with E-state index >= 15 is 0 Å². The average Bonchev–Trinajstić information content (AvgIpc) is 3.19. The largest absolute Gasteiger partial charge is 0.463 e. The molecule has 0 amide bonds. The monoisotopic (exact) mass is 457 g/mol. The highest BCUT2D eigenvalue weighted by Crippen LogP contribution is 2.51. The summed E-state index contributed by atoms with van der Waals surface area (Å²) < 4.78 is 19.6. The molecule has 0 radical (unpaired) electrons. The summed E-state index contributed by atoms with van der Waals surface area (Å²) in [4.78, 5) is 10.8. The highest BCUT2D eigenvalue weighted by molar-refractivity contribution is 6.35. The fraction of sp³-hybridized carbons (Fsp3) is 0.136. The number of halogens is 3. The molecule has 0 bridgehead atoms. The Hall–Kier alpha value is -3.16. The molecule has 0 N–H and O–H groups in total. The van der Waals surface area contributed by atoms with Gasteiger partial charge in [-0.15, -0.1) is 0 Å². The van der Waals surface area contributed by atoms with Gasteiger partial charge in [-0.05, 0) is 29.8 Å². The molecule has 0 saturated heterocycles. The number of hydrogen-bond donors (Lipinski definition) is 0. The number of nitrogens with zero attached hydrogens (tertiary/aromatic N) is 3. The number of non-ortho nitro benzene ring substituents is 1. The molecule has 156 valence electrons. The molecule has 9 heteroatoms. The zero-order chi connectivity index (χ0) is 21.7. The highest BCUT2D eigenvalue weighted by Gasteiger charge is 2.42. The summed E-state index contributed by atoms with van der Waals surface area (Å²) in [5.41, 5.74) is 2.82. The molecule has 0 aliphatic carbocycles. The van der Waals surface area contributed by atoms with Crippen LogP contribution >= 0.6 is 23.2 Å². The van der Waals surface area contributed by atoms with Crippen LogP contribution in [0, 0.1) is 15.9 Å². The Balaban J connectivity index is 1.63. The van der Waals surface area contributed by atoms with Crippen molar-refractivity contribution < 1.29 is 14.1 Å². The molecule has 0 saturated carbocycles. The summed E-state index contributed by atoms with van der Waals surface area (Å²) in [5, 5.41) is 18.6. The molecule has 3 aromatic rings. The van der Waals surface area contributed by atoms with Gasteiger partial charge < -0.3 is 4.74 Å². The van der Waals surface area contributed by atoms with Crippen LogP contribution in [0.5, 0.6) is 5.75 Å². The Morgan fingerprint density at radius 3 is 2.65 bits per heavy atom. The third-order valence-corrected chi connectivity index (χ3v) is 5.85. The number of benzene rings is 3. The maximum Gasteiger partial charge on any atom is 0.269 e. The predicted octanol–water partition coefficient (Wildman–Crippen LogP) is 6.28. The van der Waals surface area contributed by atoms with E-state index in [9.17, 15) is 14.5 Å². The standard InChI is InChI=1S/C22H14Cl2FN3O3/c23-14-9-17-20-11-19(12-4-6-15(25)7-5-12)26-27(20)22(31-21(17)18(24)10-14)13-2-1-3-16(8-13)28(29)30/h1-10,20,22H,11H2. The van der Waals surface area contributed by atoms with Crippen LogP contribution in [0.3, 0.4) is 0 Å². The Morgan fingerprint density at radius 2 is 1.90 bits per heavy atom. The number of fused-ring (bicyclic) bond motifs is 3. The van der Waals surface area contributed by atoms with Crippen LogP contribution in [0.15, 0.2) is 65.8 Å². The normalized spacial score (nSPS) is 19.3. The van der Waals surface area contributed by atoms with Crippen molar-refractivity contribution in [1.82, 2.24) is 5.01 Å². The van der Waals surface area contributed by atoms with Crippen molar-refractivity contribution in [3.05, 3.63) is 103 Å². The molecule has 0 fully saturated rings. The zero-order valence-corrected chi connectivity index (χ0v) is 17.3. The Labute approximate surface area is 186 Å². The summed E-state index contributed by atoms with van der Waals surface area (Å²) >= 11 is 12.7. The van der Waals surface area contributed by atoms with Crippen molar-refractivity contribution in [2.45, 2.75) is 18.7 Å². The molecule has 2 unspecified atom stereocenters. The number of hydrogen-bond acceptors (Lipinski definition) is 5. The number of ether oxygens (including phenoxy) is 1. The lowest BCUT2D eigenvalue weighted by Gasteiger charge is -2.38. The van der Waals surface area contributed by atoms with Gasteiger partial charge in [-0.25, -0.2) is 9.40 Å². The first-order valence-electron chi connectivity index (χ1n) is 9.42. The molecule has 6 nitrogen and oxygen atoms in total. The second-order valence-corrected chi connectivity index (χ2v) is 8.13. The SMILES string of the molecule is O=[N+]([O-])c1cccc(C2Oc3c(Cl)cc(Cl)cc3C3CC(c4ccc(F)cc4)=NN32)c1. The minimum atomic E-state index is -0.728. The summed E-state index contributed by atoms with van der Waals surface area (Å²) in [5.74, 6) is 0.140. The number of nitro groups is 1. The fourth-order valence-electron chi connectivity index (χ4n) is 3.94. The van der Waals surface area contributed by atoms with Crippen LogP contribution < -0.4 is 4.74 Å². The minimum Gasteiger partial charge on any atom is -0.463 e. The number of nitro benzene ring substituents is 1. The molecule has 3 aromatic carbocycles. The van der Waals surface area contributed by atoms with E-state index in [1.54, 1.807) is 41.4 Å². The average molecular weight is 458 g/mol. The highest BCUT2D eigenvalue weighted by atomic mass is 35.5. The van der Waals surface area contributed by atoms with E-state index in [-0.39, 0.29) is 17.5 Å². The van der Waals surface area contributed by atoms with Crippen molar-refractivity contribution >= 4 is 34.6 Å². The van der Waals surface area contributed by atoms with Gasteiger partial charge in [0.05, 0.1) is 21.7 Å². The van der Waals surface area contributed by atoms with Gasteiger partial charge in [0.2, 0.25) is 6.23 Å². The lowest BCUT2D eigenvalue weighted by atomic mass is 9.96. The van der Waals surface area contributed by atoms with Crippen molar-refractivity contribution in [2.75, 3.05) is 0 Å². The fourth-order valence-corrected chi connectivity index (χ4v) is 4.50. The molecule has 31 heavy (non-hydrogen) atoms. The van der Waals surface area contributed by atoms with Gasteiger partial charge in [-0.2, -0.15) is 5.10 Å². The third kappa shape index (κ3) is 3.49. The van der Waals surface area contributed by atoms with Crippen molar-refractivity contribution in [3.63, 3.8) is 0 Å². The summed E-state index contributed by atoms with van der Waals surface area (Å²) in [6.45, 7) is 0. The molecule has 0 spiro atoms. The van der Waals surface area contributed by atoms with Crippen molar-refractivity contribution in [2.24, 2.45) is 5.10 Å². The van der Waals surface area contributed by atoms with Gasteiger partial charge in [-0.1, -0.05) is 47.5 Å². The van der Waals surface area contributed by atoms with Gasteiger partial charge >= 0.3 is 0 Å². The van der Waals surface area contributed by atoms with Crippen LogP contribution in [0.2, 0.25) is 10.0 Å². The Morgan fingerprint density at radius 1 is 1.13 bits per heavy atom. The smallest absolute Gasteiger partial charge is 0.269 e. The van der Waals surface area contributed by atoms with E-state index in [0.29, 0.717) is 27.8 Å². The molecule has 0 aromatic heterocycles. The quantitative estimate of drug-likeness (QED) is 0.342. The molecular formula is C22H14Cl2FN3O3. The molecule has 2 aliphatic heterocycles. The van der Waals surface area contributed by atoms with Crippen molar-refractivity contribution in [1.29, 1.82) is 0 Å². The van der Waals surface area contributed by atoms with Crippen LogP contribution in [-0.4, -0.2) is 15.6 Å². The first-order valence-corrected chi connectivity index (χ1v) is 10.2. The summed E-state index contributed by atoms with van der Waals surface area (Å²) in [6.07, 6.45) is -0.210. The van der Waals surface area contributed by atoms with Crippen LogP contribution in [0.25, 0.3) is 0 Å². The molecule has 2 atom stereocenters. The first kappa shape index (κ1) is 19.8. The minimum absolute atomic E-state index is 0.0485. The number of hydrazone groups is 1. The van der Waals surface area contributed by atoms with Gasteiger partial charge in [0, 0.05) is 34.7 Å². The van der Waals surface area contributed by atoms with Crippen LogP contribution in [0.1, 0.15) is 35.4 Å². The second-order valence-electron chi connectivity index (χ2n) is 7.28. The number of rotatable bonds is 3. The predicted molar refractivity (Wildman–Crippen MR) is 115 cm³/mol. The molecular weight excluding hydrogens is 444 g/mol. The van der Waals surface area contributed by atoms with E-state index < -0.39 is 11.2 Å². The van der Waals surface area contributed by atoms with E-state index in [4.69, 9.17) is 33.0 Å². The Kier molecular flexibility index (Phi) is 4.79. The van der Waals surface area contributed by atoms with Gasteiger partial charge in [0.25, 0.3) is 5.69 Å². The van der Waals surface area contributed by atoms with Gasteiger partial charge in [0.1, 0.15) is 11.6 Å². The molecule has 2 heterocycles.